The second-order valence-corrected chi connectivity index (χ2v) is 6.87. The van der Waals surface area contributed by atoms with E-state index in [-0.39, 0.29) is 35.7 Å². The number of anilines is 2. The Balaban J connectivity index is 1.77. The predicted molar refractivity (Wildman–Crippen MR) is 111 cm³/mol. The van der Waals surface area contributed by atoms with Crippen molar-refractivity contribution >= 4 is 35.1 Å². The lowest BCUT2D eigenvalue weighted by Crippen LogP contribution is -2.28. The number of carbonyl (C=O) groups is 4. The summed E-state index contributed by atoms with van der Waals surface area (Å²) in [4.78, 5) is 50.6. The summed E-state index contributed by atoms with van der Waals surface area (Å²) in [5.41, 5.74) is 1.07. The molecule has 1 atom stereocenters. The fourth-order valence-electron chi connectivity index (χ4n) is 3.31. The zero-order valence-corrected chi connectivity index (χ0v) is 17.3. The normalized spacial score (nSPS) is 15.4. The topological polar surface area (TPSA) is 111 Å². The molecule has 1 N–H and O–H groups in total. The second-order valence-electron chi connectivity index (χ2n) is 6.87. The quantitative estimate of drug-likeness (QED) is 0.705. The molecule has 3 rings (SSSR count). The van der Waals surface area contributed by atoms with Crippen molar-refractivity contribution < 1.29 is 33.4 Å². The highest BCUT2D eigenvalue weighted by Gasteiger charge is 2.35. The van der Waals surface area contributed by atoms with Crippen LogP contribution in [0.2, 0.25) is 0 Å². The van der Waals surface area contributed by atoms with Crippen molar-refractivity contribution in [2.24, 2.45) is 5.92 Å². The number of carbonyl (C=O) groups excluding carboxylic acids is 4. The first-order chi connectivity index (χ1) is 14.9. The molecule has 0 radical (unpaired) electrons. The molecule has 9 nitrogen and oxygen atoms in total. The fourth-order valence-corrected chi connectivity index (χ4v) is 3.31. The summed E-state index contributed by atoms with van der Waals surface area (Å²) in [6.45, 7) is 0.206. The highest BCUT2D eigenvalue weighted by molar-refractivity contribution is 6.04. The number of amides is 2. The van der Waals surface area contributed by atoms with E-state index in [1.165, 1.54) is 37.3 Å². The van der Waals surface area contributed by atoms with Gasteiger partial charge in [0.15, 0.2) is 0 Å². The molecule has 0 bridgehead atoms. The van der Waals surface area contributed by atoms with Crippen LogP contribution in [-0.4, -0.2) is 51.6 Å². The van der Waals surface area contributed by atoms with Crippen molar-refractivity contribution in [3.63, 3.8) is 0 Å². The molecule has 1 heterocycles. The lowest BCUT2D eigenvalue weighted by molar-refractivity contribution is -0.122. The number of methoxy groups -OCH3 is 3. The number of benzene rings is 2. The number of nitrogens with zero attached hydrogens (tertiary/aromatic N) is 1. The molecule has 162 valence electrons. The average Bonchev–Trinajstić information content (AvgIpc) is 3.19. The Bertz CT molecular complexity index is 983. The van der Waals surface area contributed by atoms with Crippen molar-refractivity contribution in [1.82, 2.24) is 0 Å². The summed E-state index contributed by atoms with van der Waals surface area (Å²) in [5.74, 6) is -1.84. The van der Waals surface area contributed by atoms with E-state index >= 15 is 0 Å². The summed E-state index contributed by atoms with van der Waals surface area (Å²) in [6, 6.07) is 11.1. The maximum absolute atomic E-state index is 12.8. The maximum atomic E-state index is 12.8. The molecular weight excluding hydrogens is 404 g/mol. The Morgan fingerprint density at radius 2 is 1.52 bits per heavy atom. The van der Waals surface area contributed by atoms with Crippen molar-refractivity contribution in [2.45, 2.75) is 6.42 Å². The molecule has 1 aliphatic heterocycles. The van der Waals surface area contributed by atoms with Crippen molar-refractivity contribution in [1.29, 1.82) is 0 Å². The first-order valence-corrected chi connectivity index (χ1v) is 9.43. The lowest BCUT2D eigenvalue weighted by Gasteiger charge is -2.17. The summed E-state index contributed by atoms with van der Waals surface area (Å²) in [6.07, 6.45) is 0.0401. The molecule has 0 unspecified atom stereocenters. The summed E-state index contributed by atoms with van der Waals surface area (Å²) in [7, 11) is 3.98. The van der Waals surface area contributed by atoms with Gasteiger partial charge in [-0.05, 0) is 42.5 Å². The second kappa shape index (κ2) is 9.29. The summed E-state index contributed by atoms with van der Waals surface area (Å²) >= 11 is 0. The van der Waals surface area contributed by atoms with Crippen molar-refractivity contribution in [2.75, 3.05) is 38.1 Å². The molecule has 0 aromatic heterocycles. The number of nitrogens with one attached hydrogen (secondary N) is 1. The van der Waals surface area contributed by atoms with Crippen LogP contribution >= 0.6 is 0 Å². The van der Waals surface area contributed by atoms with Crippen LogP contribution in [-0.2, 0) is 19.1 Å². The molecule has 1 saturated heterocycles. The van der Waals surface area contributed by atoms with E-state index in [1.54, 1.807) is 31.4 Å². The smallest absolute Gasteiger partial charge is 0.337 e. The molecule has 1 aliphatic rings. The fraction of sp³-hybridized carbons (Fsp3) is 0.273. The van der Waals surface area contributed by atoms with Gasteiger partial charge in [0.25, 0.3) is 0 Å². The van der Waals surface area contributed by atoms with Crippen LogP contribution in [0.1, 0.15) is 27.1 Å². The Hall–Kier alpha value is -3.88. The molecule has 1 fully saturated rings. The molecule has 2 amide bonds. The number of rotatable bonds is 6. The molecule has 31 heavy (non-hydrogen) atoms. The first kappa shape index (κ1) is 21.8. The predicted octanol–water partition coefficient (Wildman–Crippen LogP) is 2.26. The van der Waals surface area contributed by atoms with Gasteiger partial charge >= 0.3 is 11.9 Å². The Labute approximate surface area is 178 Å². The zero-order valence-electron chi connectivity index (χ0n) is 17.3. The SMILES string of the molecule is COC(=O)c1cc(NC(=O)[C@@H]2CC(=O)N(c3ccc(OC)cc3)C2)cc(C(=O)OC)c1. The van der Waals surface area contributed by atoms with Crippen molar-refractivity contribution in [3.05, 3.63) is 53.6 Å². The highest BCUT2D eigenvalue weighted by Crippen LogP contribution is 2.28. The van der Waals surface area contributed by atoms with E-state index in [1.807, 2.05) is 0 Å². The van der Waals surface area contributed by atoms with Crippen LogP contribution in [0.15, 0.2) is 42.5 Å². The van der Waals surface area contributed by atoms with E-state index in [2.05, 4.69) is 5.32 Å². The van der Waals surface area contributed by atoms with Crippen LogP contribution in [0.5, 0.6) is 5.75 Å². The first-order valence-electron chi connectivity index (χ1n) is 9.43. The van der Waals surface area contributed by atoms with Gasteiger partial charge in [0, 0.05) is 24.3 Å². The van der Waals surface area contributed by atoms with Gasteiger partial charge in [0.1, 0.15) is 5.75 Å². The van der Waals surface area contributed by atoms with Gasteiger partial charge in [-0.1, -0.05) is 0 Å². The third-order valence-corrected chi connectivity index (χ3v) is 4.92. The van der Waals surface area contributed by atoms with Crippen molar-refractivity contribution in [3.8, 4) is 5.75 Å². The highest BCUT2D eigenvalue weighted by atomic mass is 16.5. The van der Waals surface area contributed by atoms with Gasteiger partial charge < -0.3 is 24.4 Å². The van der Waals surface area contributed by atoms with Gasteiger partial charge in [-0.25, -0.2) is 9.59 Å². The monoisotopic (exact) mass is 426 g/mol. The van der Waals surface area contributed by atoms with Gasteiger partial charge in [-0.3, -0.25) is 9.59 Å². The maximum Gasteiger partial charge on any atom is 0.337 e. The Morgan fingerprint density at radius 3 is 2.03 bits per heavy atom. The Kier molecular flexibility index (Phi) is 6.54. The molecule has 9 heteroatoms. The number of esters is 2. The minimum atomic E-state index is -0.664. The van der Waals surface area contributed by atoms with E-state index in [9.17, 15) is 19.2 Å². The van der Waals surface area contributed by atoms with Crippen LogP contribution in [0, 0.1) is 5.92 Å². The Morgan fingerprint density at radius 1 is 0.935 bits per heavy atom. The van der Waals surface area contributed by atoms with Crippen LogP contribution in [0.25, 0.3) is 0 Å². The minimum Gasteiger partial charge on any atom is -0.497 e. The van der Waals surface area contributed by atoms with Gasteiger partial charge in [-0.2, -0.15) is 0 Å². The molecule has 0 saturated carbocycles. The van der Waals surface area contributed by atoms with Gasteiger partial charge in [0.2, 0.25) is 11.8 Å². The number of hydrogen-bond acceptors (Lipinski definition) is 7. The molecular formula is C22H22N2O7. The summed E-state index contributed by atoms with van der Waals surface area (Å²) < 4.78 is 14.5. The molecule has 0 aliphatic carbocycles. The third kappa shape index (κ3) is 4.82. The zero-order chi connectivity index (χ0) is 22.5. The lowest BCUT2D eigenvalue weighted by atomic mass is 10.1. The molecule has 0 spiro atoms. The summed E-state index contributed by atoms with van der Waals surface area (Å²) in [5, 5.41) is 2.68. The van der Waals surface area contributed by atoms with E-state index in [0.29, 0.717) is 11.4 Å². The standard InChI is InChI=1S/C22H22N2O7/c1-29-18-6-4-17(5-7-18)24-12-15(11-19(24)25)20(26)23-16-9-13(21(27)30-2)8-14(10-16)22(28)31-3/h4-10,15H,11-12H2,1-3H3,(H,23,26)/t15-/m1/s1. The van der Waals surface area contributed by atoms with E-state index in [4.69, 9.17) is 14.2 Å². The largest absolute Gasteiger partial charge is 0.497 e. The van der Waals surface area contributed by atoms with Crippen LogP contribution < -0.4 is 15.0 Å². The van der Waals surface area contributed by atoms with E-state index < -0.39 is 23.8 Å². The average molecular weight is 426 g/mol. The number of hydrogen-bond donors (Lipinski definition) is 1. The van der Waals surface area contributed by atoms with Crippen LogP contribution in [0.3, 0.4) is 0 Å². The van der Waals surface area contributed by atoms with E-state index in [0.717, 1.165) is 0 Å². The third-order valence-electron chi connectivity index (χ3n) is 4.92. The van der Waals surface area contributed by atoms with Gasteiger partial charge in [-0.15, -0.1) is 0 Å². The molecule has 2 aromatic rings. The van der Waals surface area contributed by atoms with Gasteiger partial charge in [0.05, 0.1) is 38.4 Å². The minimum absolute atomic E-state index is 0.0401. The molecule has 2 aromatic carbocycles. The van der Waals surface area contributed by atoms with Crippen LogP contribution in [0.4, 0.5) is 11.4 Å². The number of ether oxygens (including phenoxy) is 3.